The van der Waals surface area contributed by atoms with Gasteiger partial charge in [0.05, 0.1) is 16.5 Å². The van der Waals surface area contributed by atoms with Crippen LogP contribution in [0.25, 0.3) is 0 Å². The van der Waals surface area contributed by atoms with Crippen molar-refractivity contribution >= 4 is 21.4 Å². The van der Waals surface area contributed by atoms with E-state index in [4.69, 9.17) is 0 Å². The van der Waals surface area contributed by atoms with Gasteiger partial charge in [-0.2, -0.15) is 4.31 Å². The van der Waals surface area contributed by atoms with E-state index in [9.17, 15) is 13.5 Å². The molecule has 0 aliphatic carbocycles. The summed E-state index contributed by atoms with van der Waals surface area (Å²) in [6.45, 7) is 7.59. The number of hydrogen-bond acceptors (Lipinski definition) is 4. The van der Waals surface area contributed by atoms with E-state index in [-0.39, 0.29) is 6.04 Å². The predicted molar refractivity (Wildman–Crippen MR) is 77.0 cm³/mol. The van der Waals surface area contributed by atoms with Gasteiger partial charge in [0.25, 0.3) is 0 Å². The standard InChI is InChI=1S/C13H21NO3S2/c1-9-8-11(10(2)18-9)19(16,17)14-7-5-6-12(14)13(3,4)15/h8,12,15H,5-7H2,1-4H3. The van der Waals surface area contributed by atoms with Gasteiger partial charge in [-0.1, -0.05) is 0 Å². The summed E-state index contributed by atoms with van der Waals surface area (Å²) < 4.78 is 27.0. The zero-order chi connectivity index (χ0) is 14.4. The van der Waals surface area contributed by atoms with Gasteiger partial charge in [-0.15, -0.1) is 11.3 Å². The molecule has 108 valence electrons. The lowest BCUT2D eigenvalue weighted by Crippen LogP contribution is -2.48. The highest BCUT2D eigenvalue weighted by molar-refractivity contribution is 7.89. The number of aliphatic hydroxyl groups is 1. The summed E-state index contributed by atoms with van der Waals surface area (Å²) in [7, 11) is -3.50. The molecule has 1 aliphatic rings. The Bertz CT molecular complexity index is 569. The fourth-order valence-corrected chi connectivity index (χ4v) is 6.07. The molecule has 1 aliphatic heterocycles. The highest BCUT2D eigenvalue weighted by Crippen LogP contribution is 2.35. The topological polar surface area (TPSA) is 57.6 Å². The first-order valence-electron chi connectivity index (χ1n) is 6.45. The van der Waals surface area contributed by atoms with Crippen LogP contribution < -0.4 is 0 Å². The molecule has 0 spiro atoms. The van der Waals surface area contributed by atoms with Crippen molar-refractivity contribution < 1.29 is 13.5 Å². The average Bonchev–Trinajstić information content (AvgIpc) is 2.83. The highest BCUT2D eigenvalue weighted by atomic mass is 32.2. The first-order chi connectivity index (χ1) is 8.64. The summed E-state index contributed by atoms with van der Waals surface area (Å²) in [4.78, 5) is 2.21. The summed E-state index contributed by atoms with van der Waals surface area (Å²) in [5.41, 5.74) is -1.01. The van der Waals surface area contributed by atoms with Gasteiger partial charge < -0.3 is 5.11 Å². The van der Waals surface area contributed by atoms with Crippen LogP contribution in [-0.2, 0) is 10.0 Å². The van der Waals surface area contributed by atoms with Gasteiger partial charge in [-0.3, -0.25) is 0 Å². The average molecular weight is 303 g/mol. The van der Waals surface area contributed by atoms with Crippen molar-refractivity contribution in [1.29, 1.82) is 0 Å². The monoisotopic (exact) mass is 303 g/mol. The summed E-state index contributed by atoms with van der Waals surface area (Å²) in [6, 6.07) is 1.40. The maximum Gasteiger partial charge on any atom is 0.244 e. The zero-order valence-electron chi connectivity index (χ0n) is 11.8. The Morgan fingerprint density at radius 2 is 2.05 bits per heavy atom. The Kier molecular flexibility index (Phi) is 3.81. The number of nitrogens with zero attached hydrogens (tertiary/aromatic N) is 1. The molecule has 1 atom stereocenters. The second-order valence-electron chi connectivity index (χ2n) is 5.70. The first-order valence-corrected chi connectivity index (χ1v) is 8.71. The lowest BCUT2D eigenvalue weighted by molar-refractivity contribution is 0.0215. The molecule has 1 aromatic heterocycles. The molecule has 1 saturated heterocycles. The number of aryl methyl sites for hydroxylation is 2. The Hall–Kier alpha value is -0.430. The van der Waals surface area contributed by atoms with Gasteiger partial charge in [0.1, 0.15) is 0 Å². The van der Waals surface area contributed by atoms with Crippen LogP contribution in [0.4, 0.5) is 0 Å². The number of hydrogen-bond donors (Lipinski definition) is 1. The minimum Gasteiger partial charge on any atom is -0.389 e. The van der Waals surface area contributed by atoms with Crippen molar-refractivity contribution in [2.24, 2.45) is 0 Å². The SMILES string of the molecule is Cc1cc(S(=O)(=O)N2CCCC2C(C)(C)O)c(C)s1. The van der Waals surface area contributed by atoms with E-state index in [0.29, 0.717) is 17.9 Å². The van der Waals surface area contributed by atoms with Crippen LogP contribution in [-0.4, -0.2) is 36.0 Å². The molecule has 6 heteroatoms. The maximum atomic E-state index is 12.7. The van der Waals surface area contributed by atoms with Crippen LogP contribution in [0, 0.1) is 13.8 Å². The Balaban J connectivity index is 2.42. The number of rotatable bonds is 3. The highest BCUT2D eigenvalue weighted by Gasteiger charge is 2.43. The van der Waals surface area contributed by atoms with Crippen LogP contribution in [0.2, 0.25) is 0 Å². The van der Waals surface area contributed by atoms with Gasteiger partial charge in [0, 0.05) is 16.3 Å². The molecule has 2 rings (SSSR count). The third-order valence-corrected chi connectivity index (χ3v) is 6.73. The molecule has 2 heterocycles. The van der Waals surface area contributed by atoms with E-state index < -0.39 is 15.6 Å². The van der Waals surface area contributed by atoms with Crippen LogP contribution in [0.1, 0.15) is 36.4 Å². The molecular formula is C13H21NO3S2. The Labute approximate surface area is 119 Å². The zero-order valence-corrected chi connectivity index (χ0v) is 13.4. The molecule has 1 fully saturated rings. The third kappa shape index (κ3) is 2.72. The molecule has 1 N–H and O–H groups in total. The van der Waals surface area contributed by atoms with Gasteiger partial charge in [0.2, 0.25) is 10.0 Å². The molecule has 19 heavy (non-hydrogen) atoms. The van der Waals surface area contributed by atoms with Crippen LogP contribution >= 0.6 is 11.3 Å². The van der Waals surface area contributed by atoms with E-state index >= 15 is 0 Å². The molecule has 1 aromatic rings. The lowest BCUT2D eigenvalue weighted by Gasteiger charge is -2.33. The molecular weight excluding hydrogens is 282 g/mol. The summed E-state index contributed by atoms with van der Waals surface area (Å²) in [5, 5.41) is 10.2. The van der Waals surface area contributed by atoms with E-state index in [1.807, 2.05) is 13.8 Å². The molecule has 4 nitrogen and oxygen atoms in total. The van der Waals surface area contributed by atoms with Crippen LogP contribution in [0.5, 0.6) is 0 Å². The second kappa shape index (κ2) is 4.84. The smallest absolute Gasteiger partial charge is 0.244 e. The van der Waals surface area contributed by atoms with Crippen molar-refractivity contribution in [3.05, 3.63) is 15.8 Å². The van der Waals surface area contributed by atoms with Crippen molar-refractivity contribution in [3.8, 4) is 0 Å². The molecule has 1 unspecified atom stereocenters. The Morgan fingerprint density at radius 3 is 2.53 bits per heavy atom. The molecule has 0 radical (unpaired) electrons. The number of sulfonamides is 1. The summed E-state index contributed by atoms with van der Waals surface area (Å²) in [6.07, 6.45) is 1.51. The van der Waals surface area contributed by atoms with E-state index in [2.05, 4.69) is 0 Å². The Morgan fingerprint density at radius 1 is 1.42 bits per heavy atom. The van der Waals surface area contributed by atoms with Gasteiger partial charge >= 0.3 is 0 Å². The van der Waals surface area contributed by atoms with Gasteiger partial charge in [0.15, 0.2) is 0 Å². The largest absolute Gasteiger partial charge is 0.389 e. The fourth-order valence-electron chi connectivity index (χ4n) is 2.72. The lowest BCUT2D eigenvalue weighted by atomic mass is 9.98. The normalized spacial score (nSPS) is 22.1. The molecule has 0 saturated carbocycles. The fraction of sp³-hybridized carbons (Fsp3) is 0.692. The maximum absolute atomic E-state index is 12.7. The van der Waals surface area contributed by atoms with Crippen molar-refractivity contribution in [2.45, 2.75) is 57.1 Å². The van der Waals surface area contributed by atoms with Crippen molar-refractivity contribution in [1.82, 2.24) is 4.31 Å². The predicted octanol–water partition coefficient (Wildman–Crippen LogP) is 2.29. The van der Waals surface area contributed by atoms with Crippen molar-refractivity contribution in [3.63, 3.8) is 0 Å². The summed E-state index contributed by atoms with van der Waals surface area (Å²) in [5.74, 6) is 0. The van der Waals surface area contributed by atoms with Crippen LogP contribution in [0.15, 0.2) is 11.0 Å². The molecule has 0 amide bonds. The van der Waals surface area contributed by atoms with E-state index in [1.165, 1.54) is 15.6 Å². The van der Waals surface area contributed by atoms with Gasteiger partial charge in [-0.25, -0.2) is 8.42 Å². The minimum atomic E-state index is -3.50. The molecule has 0 aromatic carbocycles. The van der Waals surface area contributed by atoms with Gasteiger partial charge in [-0.05, 0) is 46.6 Å². The molecule has 0 bridgehead atoms. The minimum absolute atomic E-state index is 0.336. The number of thiophene rings is 1. The van der Waals surface area contributed by atoms with Crippen LogP contribution in [0.3, 0.4) is 0 Å². The summed E-state index contributed by atoms with van der Waals surface area (Å²) >= 11 is 1.50. The second-order valence-corrected chi connectivity index (χ2v) is 9.02. The first kappa shape index (κ1) is 15.0. The third-order valence-electron chi connectivity index (χ3n) is 3.60. The van der Waals surface area contributed by atoms with E-state index in [1.54, 1.807) is 19.9 Å². The quantitative estimate of drug-likeness (QED) is 0.932. The van der Waals surface area contributed by atoms with Crippen molar-refractivity contribution in [2.75, 3.05) is 6.54 Å². The van der Waals surface area contributed by atoms with E-state index in [0.717, 1.165) is 16.2 Å².